The highest BCUT2D eigenvalue weighted by Crippen LogP contribution is 2.50. The number of benzene rings is 2. The Balaban J connectivity index is 1.77. The summed E-state index contributed by atoms with van der Waals surface area (Å²) < 4.78 is 40.1. The van der Waals surface area contributed by atoms with Crippen LogP contribution >= 0.6 is 11.6 Å². The largest absolute Gasteiger partial charge is 0.507 e. The first kappa shape index (κ1) is 30.5. The molecule has 234 valence electrons. The molecular formula is C33H32ClF2N5O4. The number of hydrogen-bond donors (Lipinski definition) is 1. The number of ether oxygens (including phenoxy) is 1. The number of phenolic OH excluding ortho intramolecular Hbond substituents is 1. The Morgan fingerprint density at radius 3 is 2.67 bits per heavy atom. The molecule has 1 amide bonds. The van der Waals surface area contributed by atoms with Gasteiger partial charge in [-0.05, 0) is 49.6 Å². The normalized spacial score (nSPS) is 18.0. The predicted molar refractivity (Wildman–Crippen MR) is 169 cm³/mol. The van der Waals surface area contributed by atoms with Gasteiger partial charge in [-0.3, -0.25) is 14.3 Å². The molecule has 0 spiro atoms. The topological polar surface area (TPSA) is 101 Å². The minimum atomic E-state index is -1.04. The molecule has 2 aromatic carbocycles. The van der Waals surface area contributed by atoms with E-state index < -0.39 is 34.2 Å². The van der Waals surface area contributed by atoms with Crippen molar-refractivity contribution >= 4 is 34.2 Å². The van der Waals surface area contributed by atoms with Gasteiger partial charge in [0.05, 0.1) is 40.0 Å². The van der Waals surface area contributed by atoms with Crippen LogP contribution in [0.1, 0.15) is 44.4 Å². The number of nitrogens with zero attached hydrogens (tertiary/aromatic N) is 5. The van der Waals surface area contributed by atoms with Crippen molar-refractivity contribution in [2.45, 2.75) is 52.1 Å². The summed E-state index contributed by atoms with van der Waals surface area (Å²) in [6.45, 7) is 11.8. The molecule has 0 bridgehead atoms. The molecule has 1 saturated heterocycles. The van der Waals surface area contributed by atoms with Crippen molar-refractivity contribution in [1.82, 2.24) is 19.4 Å². The third kappa shape index (κ3) is 4.80. The third-order valence-corrected chi connectivity index (χ3v) is 8.95. The molecule has 0 radical (unpaired) electrons. The van der Waals surface area contributed by atoms with Crippen molar-refractivity contribution in [2.75, 3.05) is 24.6 Å². The molecule has 1 N–H and O–H groups in total. The van der Waals surface area contributed by atoms with Crippen molar-refractivity contribution in [3.63, 3.8) is 0 Å². The van der Waals surface area contributed by atoms with E-state index in [1.165, 1.54) is 18.2 Å². The first-order valence-electron chi connectivity index (χ1n) is 14.7. The van der Waals surface area contributed by atoms with Crippen molar-refractivity contribution in [3.8, 4) is 28.3 Å². The Bertz CT molecular complexity index is 1930. The molecular weight excluding hydrogens is 604 g/mol. The fraction of sp³-hybridized carbons (Fsp3) is 0.333. The number of halogens is 3. The first-order chi connectivity index (χ1) is 21.5. The van der Waals surface area contributed by atoms with E-state index in [1.54, 1.807) is 24.1 Å². The van der Waals surface area contributed by atoms with Crippen LogP contribution in [0, 0.1) is 18.6 Å². The van der Waals surface area contributed by atoms with E-state index >= 15 is 8.78 Å². The monoisotopic (exact) mass is 635 g/mol. The summed E-state index contributed by atoms with van der Waals surface area (Å²) in [5, 5.41) is 10.6. The maximum atomic E-state index is 17.3. The number of carbonyl (C=O) groups excluding carboxylic acids is 1. The lowest BCUT2D eigenvalue weighted by molar-refractivity contribution is -0.129. The minimum absolute atomic E-state index is 0.00492. The molecule has 9 nitrogen and oxygen atoms in total. The number of aromatic nitrogens is 3. The van der Waals surface area contributed by atoms with Crippen LogP contribution < -0.4 is 15.3 Å². The van der Waals surface area contributed by atoms with Crippen LogP contribution in [0.4, 0.5) is 14.6 Å². The van der Waals surface area contributed by atoms with Gasteiger partial charge in [0.25, 0.3) is 0 Å². The molecule has 2 atom stereocenters. The summed E-state index contributed by atoms with van der Waals surface area (Å²) >= 11 is 6.89. The van der Waals surface area contributed by atoms with Gasteiger partial charge < -0.3 is 19.6 Å². The smallest absolute Gasteiger partial charge is 0.354 e. The van der Waals surface area contributed by atoms with E-state index in [9.17, 15) is 14.7 Å². The summed E-state index contributed by atoms with van der Waals surface area (Å²) in [5.41, 5.74) is -0.443. The van der Waals surface area contributed by atoms with Crippen LogP contribution in [0.5, 0.6) is 11.5 Å². The molecule has 12 heteroatoms. The fourth-order valence-electron chi connectivity index (χ4n) is 6.45. The third-order valence-electron chi connectivity index (χ3n) is 8.58. The van der Waals surface area contributed by atoms with Gasteiger partial charge >= 0.3 is 5.69 Å². The average molecular weight is 636 g/mol. The van der Waals surface area contributed by atoms with E-state index in [0.717, 1.165) is 10.6 Å². The van der Waals surface area contributed by atoms with Crippen molar-refractivity contribution in [2.24, 2.45) is 0 Å². The van der Waals surface area contributed by atoms with Crippen LogP contribution in [0.3, 0.4) is 0 Å². The molecule has 4 heterocycles. The number of rotatable bonds is 4. The Labute approximate surface area is 263 Å². The number of pyridine rings is 1. The maximum Gasteiger partial charge on any atom is 0.354 e. The number of fused-ring (bicyclic) bond motifs is 2. The molecule has 2 aliphatic rings. The van der Waals surface area contributed by atoms with Gasteiger partial charge in [0.15, 0.2) is 11.6 Å². The van der Waals surface area contributed by atoms with E-state index in [0.29, 0.717) is 29.9 Å². The van der Waals surface area contributed by atoms with Gasteiger partial charge in [0.2, 0.25) is 5.91 Å². The molecule has 0 saturated carbocycles. The van der Waals surface area contributed by atoms with Gasteiger partial charge in [-0.2, -0.15) is 4.98 Å². The summed E-state index contributed by atoms with van der Waals surface area (Å²) in [6.07, 6.45) is 3.28. The number of aromatic hydroxyl groups is 1. The SMILES string of the molecule is C=CC(=O)N1CC2CCOc3c(Cl)c(-c4c(O)cccc4F)c(F)c4c3c(nc(=O)n4-c3c(C)ccnc3C(C)C)N2CC1C. The zero-order valence-corrected chi connectivity index (χ0v) is 26.0. The van der Waals surface area contributed by atoms with Crippen molar-refractivity contribution in [3.05, 3.63) is 81.5 Å². The maximum absolute atomic E-state index is 17.3. The number of piperazine rings is 1. The van der Waals surface area contributed by atoms with Crippen LogP contribution in [0.15, 0.2) is 47.9 Å². The highest BCUT2D eigenvalue weighted by molar-refractivity contribution is 6.36. The van der Waals surface area contributed by atoms with Crippen LogP contribution in [0.25, 0.3) is 27.7 Å². The van der Waals surface area contributed by atoms with E-state index in [4.69, 9.17) is 16.3 Å². The van der Waals surface area contributed by atoms with Gasteiger partial charge in [-0.15, -0.1) is 0 Å². The summed E-state index contributed by atoms with van der Waals surface area (Å²) in [6, 6.07) is 4.69. The zero-order valence-electron chi connectivity index (χ0n) is 25.3. The lowest BCUT2D eigenvalue weighted by Gasteiger charge is -2.46. The van der Waals surface area contributed by atoms with E-state index in [2.05, 4.69) is 16.5 Å². The number of amides is 1. The molecule has 4 aromatic rings. The number of carbonyl (C=O) groups is 1. The second-order valence-electron chi connectivity index (χ2n) is 11.7. The molecule has 2 aromatic heterocycles. The van der Waals surface area contributed by atoms with Gasteiger partial charge in [0, 0.05) is 37.3 Å². The molecule has 2 aliphatic heterocycles. The summed E-state index contributed by atoms with van der Waals surface area (Å²) in [5.74, 6) is -2.72. The number of aryl methyl sites for hydroxylation is 1. The average Bonchev–Trinajstić information content (AvgIpc) is 2.99. The minimum Gasteiger partial charge on any atom is -0.507 e. The number of anilines is 1. The zero-order chi connectivity index (χ0) is 32.3. The van der Waals surface area contributed by atoms with E-state index in [-0.39, 0.29) is 64.6 Å². The highest BCUT2D eigenvalue weighted by Gasteiger charge is 2.39. The predicted octanol–water partition coefficient (Wildman–Crippen LogP) is 5.89. The van der Waals surface area contributed by atoms with Crippen LogP contribution in [-0.4, -0.2) is 62.2 Å². The Morgan fingerprint density at radius 2 is 1.98 bits per heavy atom. The second-order valence-corrected chi connectivity index (χ2v) is 12.1. The molecule has 2 unspecified atom stereocenters. The highest BCUT2D eigenvalue weighted by atomic mass is 35.5. The lowest BCUT2D eigenvalue weighted by atomic mass is 9.97. The first-order valence-corrected chi connectivity index (χ1v) is 15.1. The van der Waals surface area contributed by atoms with Gasteiger partial charge in [0.1, 0.15) is 22.9 Å². The Morgan fingerprint density at radius 1 is 1.22 bits per heavy atom. The van der Waals surface area contributed by atoms with Crippen LogP contribution in [-0.2, 0) is 4.79 Å². The molecule has 45 heavy (non-hydrogen) atoms. The molecule has 0 aliphatic carbocycles. The second kappa shape index (κ2) is 11.4. The fourth-order valence-corrected chi connectivity index (χ4v) is 6.77. The molecule has 1 fully saturated rings. The lowest BCUT2D eigenvalue weighted by Crippen LogP contribution is -2.60. The summed E-state index contributed by atoms with van der Waals surface area (Å²) in [7, 11) is 0. The van der Waals surface area contributed by atoms with Gasteiger partial charge in [-0.1, -0.05) is 38.1 Å². The molecule has 6 rings (SSSR count). The Kier molecular flexibility index (Phi) is 7.76. The number of phenols is 1. The van der Waals surface area contributed by atoms with Crippen molar-refractivity contribution < 1.29 is 23.4 Å². The Hall–Kier alpha value is -4.51. The van der Waals surface area contributed by atoms with Crippen molar-refractivity contribution in [1.29, 1.82) is 0 Å². The number of hydrogen-bond acceptors (Lipinski definition) is 7. The standard InChI is InChI=1S/C33H32ClF2N5O4/c1-6-22(43)39-15-19-11-13-45-31-25-30(27(36)24(26(31)34)23-20(35)8-7-9-21(23)42)41(29-17(4)10-12-37-28(29)16(2)3)33(44)38-32(25)40(19)14-18(39)5/h6-10,12,16,18-19,42H,1,11,13-15H2,2-5H3. The van der Waals surface area contributed by atoms with Crippen LogP contribution in [0.2, 0.25) is 5.02 Å². The summed E-state index contributed by atoms with van der Waals surface area (Å²) in [4.78, 5) is 39.5. The van der Waals surface area contributed by atoms with Gasteiger partial charge in [-0.25, -0.2) is 13.6 Å². The van der Waals surface area contributed by atoms with E-state index in [1.807, 2.05) is 25.7 Å². The quantitative estimate of drug-likeness (QED) is 0.279.